The van der Waals surface area contributed by atoms with Gasteiger partial charge in [-0.2, -0.15) is 4.31 Å². The normalized spacial score (nSPS) is 14.5. The number of fused-ring (bicyclic) bond motifs is 1. The minimum Gasteiger partial charge on any atom is -0.494 e. The second-order valence-electron chi connectivity index (χ2n) is 7.43. The Labute approximate surface area is 190 Å². The van der Waals surface area contributed by atoms with Crippen LogP contribution in [0.25, 0.3) is 0 Å². The maximum atomic E-state index is 14.0. The molecule has 4 rings (SSSR count). The lowest BCUT2D eigenvalue weighted by atomic mass is 10.0. The van der Waals surface area contributed by atoms with Gasteiger partial charge in [0.2, 0.25) is 10.0 Å². The molecular formula is C22H20F2N2O5S2. The highest BCUT2D eigenvalue weighted by atomic mass is 32.2. The summed E-state index contributed by atoms with van der Waals surface area (Å²) in [5, 5.41) is 0. The lowest BCUT2D eigenvalue weighted by Gasteiger charge is -2.28. The monoisotopic (exact) mass is 494 g/mol. The number of benzene rings is 3. The number of hydrogen-bond acceptors (Lipinski definition) is 5. The van der Waals surface area contributed by atoms with Gasteiger partial charge in [-0.25, -0.2) is 25.6 Å². The SMILES string of the molecule is COc1ccc(S(=O)(=O)Nc2ccc3c(c2)CN(S(=O)(=O)c2ccc(F)cc2)CC3)cc1F. The first-order chi connectivity index (χ1) is 15.6. The summed E-state index contributed by atoms with van der Waals surface area (Å²) in [5.74, 6) is -1.43. The summed E-state index contributed by atoms with van der Waals surface area (Å²) in [6, 6.07) is 12.7. The van der Waals surface area contributed by atoms with E-state index >= 15 is 0 Å². The molecule has 1 heterocycles. The maximum absolute atomic E-state index is 14.0. The van der Waals surface area contributed by atoms with Gasteiger partial charge in [-0.1, -0.05) is 6.07 Å². The van der Waals surface area contributed by atoms with Gasteiger partial charge in [0.1, 0.15) is 5.82 Å². The molecule has 11 heteroatoms. The van der Waals surface area contributed by atoms with Gasteiger partial charge in [-0.3, -0.25) is 4.72 Å². The van der Waals surface area contributed by atoms with Gasteiger partial charge >= 0.3 is 0 Å². The molecule has 0 spiro atoms. The summed E-state index contributed by atoms with van der Waals surface area (Å²) in [7, 11) is -6.66. The minimum atomic E-state index is -4.09. The Balaban J connectivity index is 1.58. The van der Waals surface area contributed by atoms with E-state index in [-0.39, 0.29) is 34.3 Å². The quantitative estimate of drug-likeness (QED) is 0.566. The summed E-state index contributed by atoms with van der Waals surface area (Å²) >= 11 is 0. The van der Waals surface area contributed by atoms with Gasteiger partial charge in [0.05, 0.1) is 16.9 Å². The molecule has 0 fully saturated rings. The molecule has 0 saturated heterocycles. The van der Waals surface area contributed by atoms with Crippen LogP contribution in [0.3, 0.4) is 0 Å². The maximum Gasteiger partial charge on any atom is 0.262 e. The number of ether oxygens (including phenoxy) is 1. The van der Waals surface area contributed by atoms with Crippen molar-refractivity contribution in [2.24, 2.45) is 0 Å². The first-order valence-electron chi connectivity index (χ1n) is 9.84. The number of rotatable bonds is 6. The molecule has 0 atom stereocenters. The predicted molar refractivity (Wildman–Crippen MR) is 118 cm³/mol. The van der Waals surface area contributed by atoms with Crippen LogP contribution in [-0.4, -0.2) is 34.8 Å². The average molecular weight is 495 g/mol. The van der Waals surface area contributed by atoms with Crippen molar-refractivity contribution >= 4 is 25.7 Å². The topological polar surface area (TPSA) is 92.8 Å². The standard InChI is InChI=1S/C22H20F2N2O5S2/c1-31-22-9-8-20(13-21(22)24)32(27,28)25-18-5-2-15-10-11-26(14-16(15)12-18)33(29,30)19-6-3-17(23)4-7-19/h2-9,12-13,25H,10-11,14H2,1H3. The predicted octanol–water partition coefficient (Wildman–Crippen LogP) is 3.52. The summed E-state index contributed by atoms with van der Waals surface area (Å²) < 4.78 is 86.9. The van der Waals surface area contributed by atoms with Crippen LogP contribution in [0.4, 0.5) is 14.5 Å². The molecular weight excluding hydrogens is 474 g/mol. The van der Waals surface area contributed by atoms with Crippen molar-refractivity contribution in [1.82, 2.24) is 4.31 Å². The second-order valence-corrected chi connectivity index (χ2v) is 11.0. The first-order valence-corrected chi connectivity index (χ1v) is 12.8. The number of nitrogens with zero attached hydrogens (tertiary/aromatic N) is 1. The van der Waals surface area contributed by atoms with E-state index in [1.165, 1.54) is 35.7 Å². The molecule has 0 amide bonds. The summed E-state index contributed by atoms with van der Waals surface area (Å²) in [4.78, 5) is -0.301. The molecule has 0 bridgehead atoms. The molecule has 0 aromatic heterocycles. The van der Waals surface area contributed by atoms with Gasteiger partial charge in [-0.15, -0.1) is 0 Å². The molecule has 3 aromatic carbocycles. The fourth-order valence-electron chi connectivity index (χ4n) is 3.58. The number of hydrogen-bond donors (Lipinski definition) is 1. The van der Waals surface area contributed by atoms with Crippen molar-refractivity contribution in [2.45, 2.75) is 22.8 Å². The van der Waals surface area contributed by atoms with Crippen LogP contribution in [0.1, 0.15) is 11.1 Å². The van der Waals surface area contributed by atoms with Crippen LogP contribution >= 0.6 is 0 Å². The van der Waals surface area contributed by atoms with E-state index in [4.69, 9.17) is 4.74 Å². The van der Waals surface area contributed by atoms with Crippen molar-refractivity contribution in [2.75, 3.05) is 18.4 Å². The molecule has 1 aliphatic heterocycles. The van der Waals surface area contributed by atoms with Crippen LogP contribution in [0, 0.1) is 11.6 Å². The van der Waals surface area contributed by atoms with E-state index in [0.29, 0.717) is 12.0 Å². The fourth-order valence-corrected chi connectivity index (χ4v) is 6.06. The number of halogens is 2. The number of nitrogens with one attached hydrogen (secondary N) is 1. The molecule has 7 nitrogen and oxygen atoms in total. The van der Waals surface area contributed by atoms with Gasteiger partial charge in [0.15, 0.2) is 11.6 Å². The van der Waals surface area contributed by atoms with E-state index in [0.717, 1.165) is 23.8 Å². The number of anilines is 1. The average Bonchev–Trinajstić information content (AvgIpc) is 2.78. The van der Waals surface area contributed by atoms with Crippen LogP contribution < -0.4 is 9.46 Å². The van der Waals surface area contributed by atoms with Gasteiger partial charge in [0, 0.05) is 18.8 Å². The van der Waals surface area contributed by atoms with E-state index in [2.05, 4.69) is 4.72 Å². The summed E-state index contributed by atoms with van der Waals surface area (Å²) in [6.07, 6.45) is 0.437. The van der Waals surface area contributed by atoms with Crippen LogP contribution in [0.2, 0.25) is 0 Å². The molecule has 0 aliphatic carbocycles. The highest BCUT2D eigenvalue weighted by molar-refractivity contribution is 7.92. The Morgan fingerprint density at radius 2 is 1.58 bits per heavy atom. The van der Waals surface area contributed by atoms with E-state index in [1.807, 2.05) is 0 Å². The molecule has 0 unspecified atom stereocenters. The first kappa shape index (κ1) is 23.1. The van der Waals surface area contributed by atoms with Crippen molar-refractivity contribution < 1.29 is 30.4 Å². The Hall–Kier alpha value is -3.02. The van der Waals surface area contributed by atoms with Crippen molar-refractivity contribution in [1.29, 1.82) is 0 Å². The zero-order chi connectivity index (χ0) is 23.8. The molecule has 3 aromatic rings. The Morgan fingerprint density at radius 3 is 2.24 bits per heavy atom. The lowest BCUT2D eigenvalue weighted by Crippen LogP contribution is -2.36. The fraction of sp³-hybridized carbons (Fsp3) is 0.182. The van der Waals surface area contributed by atoms with Gasteiger partial charge < -0.3 is 4.74 Å². The Bertz CT molecular complexity index is 1410. The van der Waals surface area contributed by atoms with Crippen LogP contribution in [0.15, 0.2) is 70.5 Å². The van der Waals surface area contributed by atoms with E-state index < -0.39 is 31.7 Å². The zero-order valence-electron chi connectivity index (χ0n) is 17.5. The van der Waals surface area contributed by atoms with E-state index in [1.54, 1.807) is 18.2 Å². The third kappa shape index (κ3) is 4.70. The third-order valence-corrected chi connectivity index (χ3v) is 8.56. The van der Waals surface area contributed by atoms with Crippen molar-refractivity contribution in [3.63, 3.8) is 0 Å². The molecule has 0 radical (unpaired) electrons. The smallest absolute Gasteiger partial charge is 0.262 e. The highest BCUT2D eigenvalue weighted by Gasteiger charge is 2.29. The van der Waals surface area contributed by atoms with Crippen LogP contribution in [0.5, 0.6) is 5.75 Å². The minimum absolute atomic E-state index is 0.0225. The zero-order valence-corrected chi connectivity index (χ0v) is 19.1. The third-order valence-electron chi connectivity index (χ3n) is 5.32. The van der Waals surface area contributed by atoms with Crippen molar-refractivity contribution in [3.8, 4) is 5.75 Å². The van der Waals surface area contributed by atoms with Crippen molar-refractivity contribution in [3.05, 3.63) is 83.4 Å². The summed E-state index contributed by atoms with van der Waals surface area (Å²) in [6.45, 7) is 0.269. The Morgan fingerprint density at radius 1 is 0.879 bits per heavy atom. The van der Waals surface area contributed by atoms with E-state index in [9.17, 15) is 25.6 Å². The Kier molecular flexibility index (Phi) is 6.12. The molecule has 33 heavy (non-hydrogen) atoms. The number of methoxy groups -OCH3 is 1. The van der Waals surface area contributed by atoms with Gasteiger partial charge in [0.25, 0.3) is 10.0 Å². The second kappa shape index (κ2) is 8.73. The van der Waals surface area contributed by atoms with Gasteiger partial charge in [-0.05, 0) is 72.1 Å². The molecule has 1 N–H and O–H groups in total. The molecule has 174 valence electrons. The van der Waals surface area contributed by atoms with Crippen LogP contribution in [-0.2, 0) is 33.0 Å². The highest BCUT2D eigenvalue weighted by Crippen LogP contribution is 2.29. The largest absolute Gasteiger partial charge is 0.494 e. The summed E-state index contributed by atoms with van der Waals surface area (Å²) in [5.41, 5.74) is 1.73. The lowest BCUT2D eigenvalue weighted by molar-refractivity contribution is 0.385. The molecule has 1 aliphatic rings. The number of sulfonamides is 2. The molecule has 0 saturated carbocycles.